The summed E-state index contributed by atoms with van der Waals surface area (Å²) in [5.74, 6) is -0.0423. The number of amides is 1. The van der Waals surface area contributed by atoms with Crippen molar-refractivity contribution in [1.82, 2.24) is 0 Å². The zero-order valence-corrected chi connectivity index (χ0v) is 12.2. The molecule has 1 aliphatic heterocycles. The summed E-state index contributed by atoms with van der Waals surface area (Å²) in [4.78, 5) is 25.5. The SMILES string of the molecule is Cc1cccc(NC(=O)CN2CC(=O)Oc3ccccc32)c1. The Bertz CT molecular complexity index is 727. The van der Waals surface area contributed by atoms with Crippen LogP contribution in [-0.2, 0) is 9.59 Å². The molecule has 2 aromatic carbocycles. The maximum absolute atomic E-state index is 12.2. The van der Waals surface area contributed by atoms with Gasteiger partial charge in [-0.15, -0.1) is 0 Å². The number of nitrogens with zero attached hydrogens (tertiary/aromatic N) is 1. The number of aryl methyl sites for hydroxylation is 1. The summed E-state index contributed by atoms with van der Waals surface area (Å²) < 4.78 is 5.17. The van der Waals surface area contributed by atoms with Gasteiger partial charge in [0.2, 0.25) is 5.91 Å². The van der Waals surface area contributed by atoms with Gasteiger partial charge in [-0.1, -0.05) is 24.3 Å². The molecule has 1 heterocycles. The maximum Gasteiger partial charge on any atom is 0.331 e. The van der Waals surface area contributed by atoms with Gasteiger partial charge in [-0.25, -0.2) is 4.79 Å². The smallest absolute Gasteiger partial charge is 0.331 e. The highest BCUT2D eigenvalue weighted by Gasteiger charge is 2.25. The molecule has 2 aromatic rings. The van der Waals surface area contributed by atoms with Crippen molar-refractivity contribution in [3.05, 3.63) is 54.1 Å². The van der Waals surface area contributed by atoms with E-state index in [2.05, 4.69) is 5.32 Å². The number of para-hydroxylation sites is 2. The highest BCUT2D eigenvalue weighted by Crippen LogP contribution is 2.31. The van der Waals surface area contributed by atoms with Gasteiger partial charge < -0.3 is 15.0 Å². The van der Waals surface area contributed by atoms with Crippen LogP contribution in [0.1, 0.15) is 5.56 Å². The molecule has 5 nitrogen and oxygen atoms in total. The summed E-state index contributed by atoms with van der Waals surface area (Å²) in [6.07, 6.45) is 0. The van der Waals surface area contributed by atoms with Crippen LogP contribution in [0.3, 0.4) is 0 Å². The molecule has 0 bridgehead atoms. The Morgan fingerprint density at radius 3 is 2.86 bits per heavy atom. The number of fused-ring (bicyclic) bond motifs is 1. The second-order valence-corrected chi connectivity index (χ2v) is 5.22. The molecule has 0 aromatic heterocycles. The number of hydrogen-bond acceptors (Lipinski definition) is 4. The maximum atomic E-state index is 12.2. The fourth-order valence-electron chi connectivity index (χ4n) is 2.44. The van der Waals surface area contributed by atoms with Crippen LogP contribution in [0, 0.1) is 6.92 Å². The van der Waals surface area contributed by atoms with E-state index in [9.17, 15) is 9.59 Å². The van der Waals surface area contributed by atoms with E-state index in [1.54, 1.807) is 17.0 Å². The molecule has 0 saturated carbocycles. The Labute approximate surface area is 128 Å². The Balaban J connectivity index is 1.73. The van der Waals surface area contributed by atoms with E-state index in [0.29, 0.717) is 5.75 Å². The summed E-state index contributed by atoms with van der Waals surface area (Å²) in [6, 6.07) is 14.8. The fraction of sp³-hybridized carbons (Fsp3) is 0.176. The Hall–Kier alpha value is -2.82. The molecule has 0 aliphatic carbocycles. The minimum absolute atomic E-state index is 0.0677. The predicted octanol–water partition coefficient (Wildman–Crippen LogP) is 2.36. The van der Waals surface area contributed by atoms with Crippen molar-refractivity contribution in [2.75, 3.05) is 23.3 Å². The summed E-state index contributed by atoms with van der Waals surface area (Å²) >= 11 is 0. The first-order chi connectivity index (χ1) is 10.6. The average Bonchev–Trinajstić information content (AvgIpc) is 2.47. The van der Waals surface area contributed by atoms with E-state index in [-0.39, 0.29) is 25.0 Å². The number of anilines is 2. The first kappa shape index (κ1) is 14.1. The van der Waals surface area contributed by atoms with Crippen LogP contribution in [0.2, 0.25) is 0 Å². The van der Waals surface area contributed by atoms with Crippen LogP contribution in [0.4, 0.5) is 11.4 Å². The van der Waals surface area contributed by atoms with Crippen LogP contribution in [0.5, 0.6) is 5.75 Å². The minimum atomic E-state index is -0.359. The average molecular weight is 296 g/mol. The van der Waals surface area contributed by atoms with Crippen molar-refractivity contribution in [2.24, 2.45) is 0 Å². The largest absolute Gasteiger partial charge is 0.423 e. The summed E-state index contributed by atoms with van der Waals surface area (Å²) in [5, 5.41) is 2.84. The Morgan fingerprint density at radius 1 is 1.23 bits per heavy atom. The topological polar surface area (TPSA) is 58.6 Å². The van der Waals surface area contributed by atoms with Gasteiger partial charge in [0.05, 0.1) is 12.2 Å². The molecule has 0 radical (unpaired) electrons. The molecule has 1 aliphatic rings. The molecule has 3 rings (SSSR count). The number of nitrogens with one attached hydrogen (secondary N) is 1. The summed E-state index contributed by atoms with van der Waals surface area (Å²) in [5.41, 5.74) is 2.57. The zero-order valence-electron chi connectivity index (χ0n) is 12.2. The highest BCUT2D eigenvalue weighted by molar-refractivity contribution is 5.96. The van der Waals surface area contributed by atoms with E-state index in [1.807, 2.05) is 43.3 Å². The third-order valence-corrected chi connectivity index (χ3v) is 3.39. The van der Waals surface area contributed by atoms with E-state index < -0.39 is 0 Å². The van der Waals surface area contributed by atoms with Gasteiger partial charge in [-0.3, -0.25) is 4.79 Å². The third-order valence-electron chi connectivity index (χ3n) is 3.39. The van der Waals surface area contributed by atoms with Crippen molar-refractivity contribution in [3.63, 3.8) is 0 Å². The monoisotopic (exact) mass is 296 g/mol. The lowest BCUT2D eigenvalue weighted by Crippen LogP contribution is -2.41. The minimum Gasteiger partial charge on any atom is -0.423 e. The third kappa shape index (κ3) is 3.09. The molecule has 22 heavy (non-hydrogen) atoms. The van der Waals surface area contributed by atoms with Crippen LogP contribution in [-0.4, -0.2) is 25.0 Å². The summed E-state index contributed by atoms with van der Waals surface area (Å²) in [7, 11) is 0. The Morgan fingerprint density at radius 2 is 2.05 bits per heavy atom. The quantitative estimate of drug-likeness (QED) is 0.698. The first-order valence-electron chi connectivity index (χ1n) is 7.03. The van der Waals surface area contributed by atoms with Crippen molar-refractivity contribution < 1.29 is 14.3 Å². The number of esters is 1. The van der Waals surface area contributed by atoms with Gasteiger partial charge in [0.15, 0.2) is 5.75 Å². The van der Waals surface area contributed by atoms with E-state index in [4.69, 9.17) is 4.74 Å². The molecular formula is C17H16N2O3. The van der Waals surface area contributed by atoms with Crippen LogP contribution in [0.25, 0.3) is 0 Å². The lowest BCUT2D eigenvalue weighted by molar-refractivity contribution is -0.133. The number of rotatable bonds is 3. The Kier molecular flexibility index (Phi) is 3.78. The molecule has 0 spiro atoms. The lowest BCUT2D eigenvalue weighted by atomic mass is 10.2. The van der Waals surface area contributed by atoms with Crippen molar-refractivity contribution in [3.8, 4) is 5.75 Å². The van der Waals surface area contributed by atoms with Gasteiger partial charge in [-0.2, -0.15) is 0 Å². The van der Waals surface area contributed by atoms with Crippen molar-refractivity contribution in [1.29, 1.82) is 0 Å². The van der Waals surface area contributed by atoms with Crippen LogP contribution < -0.4 is 15.0 Å². The standard InChI is InChI=1S/C17H16N2O3/c1-12-5-4-6-13(9-12)18-16(20)10-19-11-17(21)22-15-8-3-2-7-14(15)19/h2-9H,10-11H2,1H3,(H,18,20). The highest BCUT2D eigenvalue weighted by atomic mass is 16.5. The number of carbonyl (C=O) groups is 2. The van der Waals surface area contributed by atoms with Gasteiger partial charge >= 0.3 is 5.97 Å². The zero-order chi connectivity index (χ0) is 15.5. The molecule has 0 saturated heterocycles. The second-order valence-electron chi connectivity index (χ2n) is 5.22. The van der Waals surface area contributed by atoms with Gasteiger partial charge in [-0.05, 0) is 36.8 Å². The van der Waals surface area contributed by atoms with Crippen molar-refractivity contribution in [2.45, 2.75) is 6.92 Å². The number of ether oxygens (including phenoxy) is 1. The summed E-state index contributed by atoms with van der Waals surface area (Å²) in [6.45, 7) is 2.13. The molecular weight excluding hydrogens is 280 g/mol. The predicted molar refractivity (Wildman–Crippen MR) is 84.1 cm³/mol. The van der Waals surface area contributed by atoms with Crippen LogP contribution in [0.15, 0.2) is 48.5 Å². The molecule has 112 valence electrons. The van der Waals surface area contributed by atoms with E-state index in [0.717, 1.165) is 16.9 Å². The van der Waals surface area contributed by atoms with Gasteiger partial charge in [0, 0.05) is 5.69 Å². The lowest BCUT2D eigenvalue weighted by Gasteiger charge is -2.29. The molecule has 0 fully saturated rings. The van der Waals surface area contributed by atoms with Gasteiger partial charge in [0.25, 0.3) is 0 Å². The molecule has 0 unspecified atom stereocenters. The van der Waals surface area contributed by atoms with Crippen LogP contribution >= 0.6 is 0 Å². The molecule has 1 amide bonds. The van der Waals surface area contributed by atoms with Crippen molar-refractivity contribution >= 4 is 23.3 Å². The number of benzene rings is 2. The molecule has 0 atom stereocenters. The van der Waals surface area contributed by atoms with Gasteiger partial charge in [0.1, 0.15) is 6.54 Å². The van der Waals surface area contributed by atoms with E-state index in [1.165, 1.54) is 0 Å². The molecule has 1 N–H and O–H groups in total. The first-order valence-corrected chi connectivity index (χ1v) is 7.03. The molecule has 5 heteroatoms. The number of carbonyl (C=O) groups excluding carboxylic acids is 2. The second kappa shape index (κ2) is 5.89. The van der Waals surface area contributed by atoms with E-state index >= 15 is 0 Å². The number of hydrogen-bond donors (Lipinski definition) is 1. The normalized spacial score (nSPS) is 13.3. The fourth-order valence-corrected chi connectivity index (χ4v) is 2.44.